The Balaban J connectivity index is 4.36. The lowest BCUT2D eigenvalue weighted by molar-refractivity contribution is 0.838. The Bertz CT molecular complexity index is 216. The first-order valence-electron chi connectivity index (χ1n) is 3.97. The van der Waals surface area contributed by atoms with E-state index in [2.05, 4.69) is 16.6 Å². The SMILES string of the molecule is C=CCSC(N=C(N)N)=NC(C)C. The second-order valence-electron chi connectivity index (χ2n) is 2.64. The minimum atomic E-state index is 0.0379. The van der Waals surface area contributed by atoms with Crippen molar-refractivity contribution >= 4 is 22.9 Å². The molecule has 13 heavy (non-hydrogen) atoms. The lowest BCUT2D eigenvalue weighted by atomic mass is 10.4. The number of guanidine groups is 1. The van der Waals surface area contributed by atoms with Crippen LogP contribution in [-0.2, 0) is 0 Å². The van der Waals surface area contributed by atoms with Gasteiger partial charge in [0.2, 0.25) is 0 Å². The van der Waals surface area contributed by atoms with Crippen molar-refractivity contribution in [3.63, 3.8) is 0 Å². The minimum absolute atomic E-state index is 0.0379. The highest BCUT2D eigenvalue weighted by molar-refractivity contribution is 8.14. The quantitative estimate of drug-likeness (QED) is 0.404. The van der Waals surface area contributed by atoms with Gasteiger partial charge in [-0.1, -0.05) is 17.8 Å². The summed E-state index contributed by atoms with van der Waals surface area (Å²) in [5.41, 5.74) is 10.5. The predicted octanol–water partition coefficient (Wildman–Crippen LogP) is 0.943. The molecule has 4 nitrogen and oxygen atoms in total. The highest BCUT2D eigenvalue weighted by atomic mass is 32.2. The lowest BCUT2D eigenvalue weighted by Gasteiger charge is -2.01. The molecule has 0 aromatic heterocycles. The van der Waals surface area contributed by atoms with E-state index in [1.165, 1.54) is 11.8 Å². The highest BCUT2D eigenvalue weighted by Crippen LogP contribution is 2.07. The van der Waals surface area contributed by atoms with Crippen LogP contribution in [0.25, 0.3) is 0 Å². The van der Waals surface area contributed by atoms with E-state index in [4.69, 9.17) is 11.5 Å². The predicted molar refractivity (Wildman–Crippen MR) is 61.0 cm³/mol. The van der Waals surface area contributed by atoms with Gasteiger partial charge in [-0.15, -0.1) is 6.58 Å². The second-order valence-corrected chi connectivity index (χ2v) is 3.63. The van der Waals surface area contributed by atoms with E-state index in [1.807, 2.05) is 13.8 Å². The summed E-state index contributed by atoms with van der Waals surface area (Å²) in [5, 5.41) is 0.606. The van der Waals surface area contributed by atoms with Gasteiger partial charge < -0.3 is 11.5 Å². The van der Waals surface area contributed by atoms with Gasteiger partial charge in [-0.25, -0.2) is 0 Å². The number of nitrogens with two attached hydrogens (primary N) is 2. The molecule has 0 radical (unpaired) electrons. The van der Waals surface area contributed by atoms with Crippen LogP contribution in [0.4, 0.5) is 0 Å². The van der Waals surface area contributed by atoms with Crippen LogP contribution >= 0.6 is 11.8 Å². The van der Waals surface area contributed by atoms with Gasteiger partial charge in [0.15, 0.2) is 11.1 Å². The highest BCUT2D eigenvalue weighted by Gasteiger charge is 1.98. The van der Waals surface area contributed by atoms with Gasteiger partial charge in [0, 0.05) is 11.8 Å². The molecule has 0 saturated carbocycles. The third kappa shape index (κ3) is 7.39. The van der Waals surface area contributed by atoms with Crippen LogP contribution in [0.2, 0.25) is 0 Å². The molecule has 0 spiro atoms. The molecule has 0 aromatic rings. The van der Waals surface area contributed by atoms with Crippen LogP contribution in [-0.4, -0.2) is 22.9 Å². The first-order chi connectivity index (χ1) is 6.06. The zero-order chi connectivity index (χ0) is 10.3. The maximum Gasteiger partial charge on any atom is 0.193 e. The average Bonchev–Trinajstić information content (AvgIpc) is 1.98. The number of hydrogen-bond acceptors (Lipinski definition) is 2. The van der Waals surface area contributed by atoms with Crippen molar-refractivity contribution in [2.24, 2.45) is 21.5 Å². The molecule has 0 aliphatic heterocycles. The van der Waals surface area contributed by atoms with E-state index in [1.54, 1.807) is 6.08 Å². The molecule has 0 amide bonds. The topological polar surface area (TPSA) is 76.8 Å². The Morgan fingerprint density at radius 2 is 2.15 bits per heavy atom. The van der Waals surface area contributed by atoms with Crippen LogP contribution < -0.4 is 11.5 Å². The summed E-state index contributed by atoms with van der Waals surface area (Å²) in [6.07, 6.45) is 1.78. The van der Waals surface area contributed by atoms with Crippen molar-refractivity contribution in [1.82, 2.24) is 0 Å². The fourth-order valence-electron chi connectivity index (χ4n) is 0.563. The van der Waals surface area contributed by atoms with Crippen molar-refractivity contribution < 1.29 is 0 Å². The van der Waals surface area contributed by atoms with Gasteiger partial charge >= 0.3 is 0 Å². The summed E-state index contributed by atoms with van der Waals surface area (Å²) >= 11 is 1.46. The van der Waals surface area contributed by atoms with Crippen LogP contribution in [0.15, 0.2) is 22.6 Å². The third-order valence-corrected chi connectivity index (χ3v) is 1.78. The number of nitrogens with zero attached hydrogens (tertiary/aromatic N) is 2. The van der Waals surface area contributed by atoms with E-state index >= 15 is 0 Å². The molecule has 0 atom stereocenters. The van der Waals surface area contributed by atoms with E-state index in [0.29, 0.717) is 5.17 Å². The van der Waals surface area contributed by atoms with Gasteiger partial charge in [0.05, 0.1) is 0 Å². The maximum absolute atomic E-state index is 5.25. The summed E-state index contributed by atoms with van der Waals surface area (Å²) in [6, 6.07) is 0.190. The molecule has 0 saturated heterocycles. The molecule has 0 aliphatic rings. The van der Waals surface area contributed by atoms with E-state index in [9.17, 15) is 0 Å². The molecule has 0 rings (SSSR count). The molecule has 0 aromatic carbocycles. The molecule has 5 heteroatoms. The van der Waals surface area contributed by atoms with Gasteiger partial charge in [-0.3, -0.25) is 4.99 Å². The molecule has 74 valence electrons. The number of aliphatic imine (C=N–C) groups is 2. The van der Waals surface area contributed by atoms with E-state index in [-0.39, 0.29) is 12.0 Å². The fourth-order valence-corrected chi connectivity index (χ4v) is 1.29. The van der Waals surface area contributed by atoms with Crippen LogP contribution in [0.5, 0.6) is 0 Å². The van der Waals surface area contributed by atoms with Gasteiger partial charge in [-0.2, -0.15) is 4.99 Å². The largest absolute Gasteiger partial charge is 0.370 e. The maximum atomic E-state index is 5.25. The van der Waals surface area contributed by atoms with E-state index < -0.39 is 0 Å². The standard InChI is InChI=1S/C8H16N4S/c1-4-5-13-8(11-6(2)3)12-7(9)10/h4,6H,1,5H2,2-3H3,(H4,9,10,11,12). The third-order valence-electron chi connectivity index (χ3n) is 0.924. The average molecular weight is 200 g/mol. The van der Waals surface area contributed by atoms with Crippen LogP contribution in [0.3, 0.4) is 0 Å². The normalized spacial score (nSPS) is 11.5. The second kappa shape index (κ2) is 6.54. The molecule has 0 bridgehead atoms. The zero-order valence-electron chi connectivity index (χ0n) is 8.03. The van der Waals surface area contributed by atoms with Crippen molar-refractivity contribution in [3.05, 3.63) is 12.7 Å². The monoisotopic (exact) mass is 200 g/mol. The molecule has 0 unspecified atom stereocenters. The Morgan fingerprint density at radius 1 is 1.54 bits per heavy atom. The summed E-state index contributed by atoms with van der Waals surface area (Å²) in [4.78, 5) is 8.13. The molecule has 0 aliphatic carbocycles. The van der Waals surface area contributed by atoms with Crippen molar-refractivity contribution in [2.75, 3.05) is 5.75 Å². The Labute approximate surface area is 83.2 Å². The first kappa shape index (κ1) is 12.0. The molecule has 0 heterocycles. The summed E-state index contributed by atoms with van der Waals surface area (Å²) in [5.74, 6) is 0.790. The Morgan fingerprint density at radius 3 is 2.54 bits per heavy atom. The first-order valence-corrected chi connectivity index (χ1v) is 4.96. The fraction of sp³-hybridized carbons (Fsp3) is 0.500. The summed E-state index contributed by atoms with van der Waals surface area (Å²) < 4.78 is 0. The molecule has 0 fully saturated rings. The van der Waals surface area contributed by atoms with Crippen molar-refractivity contribution in [2.45, 2.75) is 19.9 Å². The molecular formula is C8H16N4S. The number of rotatable bonds is 3. The van der Waals surface area contributed by atoms with Gasteiger partial charge in [-0.05, 0) is 13.8 Å². The smallest absolute Gasteiger partial charge is 0.193 e. The Hall–Kier alpha value is -0.970. The Kier molecular flexibility index (Phi) is 6.05. The number of thioether (sulfide) groups is 1. The minimum Gasteiger partial charge on any atom is -0.370 e. The number of hydrogen-bond donors (Lipinski definition) is 2. The van der Waals surface area contributed by atoms with Gasteiger partial charge in [0.25, 0.3) is 0 Å². The molecule has 4 N–H and O–H groups in total. The van der Waals surface area contributed by atoms with Crippen LogP contribution in [0.1, 0.15) is 13.8 Å². The molecular weight excluding hydrogens is 184 g/mol. The van der Waals surface area contributed by atoms with Crippen LogP contribution in [0, 0.1) is 0 Å². The number of amidine groups is 1. The lowest BCUT2D eigenvalue weighted by Crippen LogP contribution is -2.24. The summed E-state index contributed by atoms with van der Waals surface area (Å²) in [7, 11) is 0. The van der Waals surface area contributed by atoms with Crippen molar-refractivity contribution in [3.8, 4) is 0 Å². The van der Waals surface area contributed by atoms with Crippen molar-refractivity contribution in [1.29, 1.82) is 0 Å². The van der Waals surface area contributed by atoms with Gasteiger partial charge in [0.1, 0.15) is 0 Å². The zero-order valence-corrected chi connectivity index (χ0v) is 8.84. The van der Waals surface area contributed by atoms with E-state index in [0.717, 1.165) is 5.75 Å². The summed E-state index contributed by atoms with van der Waals surface area (Å²) in [6.45, 7) is 7.54.